The maximum Gasteiger partial charge on any atom is 0.336 e. The van der Waals surface area contributed by atoms with Gasteiger partial charge >= 0.3 is 17.1 Å². The number of hydrogen-bond donors (Lipinski definition) is 3. The Kier molecular flexibility index (Phi) is 45.1. The molecule has 0 fully saturated rings. The van der Waals surface area contributed by atoms with Crippen molar-refractivity contribution in [3.8, 4) is 0 Å². The van der Waals surface area contributed by atoms with Crippen molar-refractivity contribution in [2.75, 3.05) is 58.9 Å². The Hall–Kier alpha value is -1.83. The molecule has 1 aromatic rings. The fourth-order valence-corrected chi connectivity index (χ4v) is 10.4. The smallest absolute Gasteiger partial charge is 0.336 e. The molecule has 426 valence electrons. The molecule has 3 N–H and O–H groups in total. The summed E-state index contributed by atoms with van der Waals surface area (Å²) in [5.74, 6) is 0. The van der Waals surface area contributed by atoms with Crippen molar-refractivity contribution in [2.24, 2.45) is 0 Å². The third-order valence-electron chi connectivity index (χ3n) is 14.9. The molecule has 0 spiro atoms. The lowest BCUT2D eigenvalue weighted by Crippen LogP contribution is -2.58. The predicted octanol–water partition coefficient (Wildman–Crippen LogP) is 12.3. The van der Waals surface area contributed by atoms with E-state index in [1.807, 2.05) is 0 Å². The minimum atomic E-state index is -1.03. The van der Waals surface area contributed by atoms with Gasteiger partial charge in [0.25, 0.3) is 0 Å². The van der Waals surface area contributed by atoms with Gasteiger partial charge in [-0.25, -0.2) is 28.1 Å². The summed E-state index contributed by atoms with van der Waals surface area (Å²) in [7, 11) is 0. The summed E-state index contributed by atoms with van der Waals surface area (Å²) in [6.45, 7) is 18.6. The Morgan fingerprint density at radius 1 is 0.278 bits per heavy atom. The van der Waals surface area contributed by atoms with Crippen LogP contribution < -0.4 is 17.1 Å². The van der Waals surface area contributed by atoms with E-state index in [0.717, 1.165) is 130 Å². The number of unbranched alkanes of at least 4 members (excludes halogenated alkanes) is 30. The molecule has 0 radical (unpaired) electrons. The van der Waals surface area contributed by atoms with Crippen molar-refractivity contribution < 1.29 is 15.3 Å². The quantitative estimate of drug-likeness (QED) is 0.0545. The highest BCUT2D eigenvalue weighted by molar-refractivity contribution is 4.84. The third-order valence-corrected chi connectivity index (χ3v) is 14.9. The highest BCUT2D eigenvalue weighted by Crippen LogP contribution is 2.14. The first-order valence-corrected chi connectivity index (χ1v) is 31.2. The van der Waals surface area contributed by atoms with Gasteiger partial charge in [0.05, 0.1) is 37.9 Å². The van der Waals surface area contributed by atoms with Crippen molar-refractivity contribution in [1.82, 2.24) is 28.4 Å². The summed E-state index contributed by atoms with van der Waals surface area (Å²) in [4.78, 5) is 50.3. The summed E-state index contributed by atoms with van der Waals surface area (Å²) < 4.78 is 3.02. The number of aliphatic hydroxyl groups excluding tert-OH is 3. The van der Waals surface area contributed by atoms with Gasteiger partial charge in [-0.3, -0.25) is 0 Å². The van der Waals surface area contributed by atoms with E-state index in [0.29, 0.717) is 19.6 Å². The van der Waals surface area contributed by atoms with E-state index in [4.69, 9.17) is 0 Å². The molecule has 0 saturated heterocycles. The first kappa shape index (κ1) is 68.2. The van der Waals surface area contributed by atoms with Crippen LogP contribution in [0.3, 0.4) is 0 Å². The van der Waals surface area contributed by atoms with Crippen LogP contribution in [0.25, 0.3) is 0 Å². The first-order chi connectivity index (χ1) is 35.1. The molecule has 0 saturated carbocycles. The topological polar surface area (TPSA) is 136 Å². The molecule has 0 aliphatic heterocycles. The van der Waals surface area contributed by atoms with Crippen LogP contribution in [0.5, 0.6) is 0 Å². The number of rotatable bonds is 54. The monoisotopic (exact) mass is 1020 g/mol. The standard InChI is InChI=1S/C60H120N6O6/c1-7-13-19-25-31-37-43-61(44-38-32-26-20-14-8-2)49-55(67)52-64-58(70)65(53-56(68)50-62(45-39-33-27-21-15-9-3)46-40-34-28-22-16-10-4)60(72)66(59(64)71)54-57(69)51-63(47-41-35-29-23-17-11-5)48-42-36-30-24-18-12-6/h55-57,67-69H,7-54H2,1-6H3. The van der Waals surface area contributed by atoms with Crippen LogP contribution in [0.2, 0.25) is 0 Å². The molecule has 0 bridgehead atoms. The van der Waals surface area contributed by atoms with Gasteiger partial charge < -0.3 is 30.0 Å². The fraction of sp³-hybridized carbons (Fsp3) is 0.950. The largest absolute Gasteiger partial charge is 0.390 e. The molecule has 12 nitrogen and oxygen atoms in total. The van der Waals surface area contributed by atoms with E-state index in [1.165, 1.54) is 154 Å². The van der Waals surface area contributed by atoms with Gasteiger partial charge in [0.1, 0.15) is 0 Å². The molecular weight excluding hydrogens is 901 g/mol. The Morgan fingerprint density at radius 3 is 0.597 bits per heavy atom. The van der Waals surface area contributed by atoms with E-state index in [9.17, 15) is 29.7 Å². The number of hydrogen-bond acceptors (Lipinski definition) is 9. The van der Waals surface area contributed by atoms with Crippen molar-refractivity contribution in [1.29, 1.82) is 0 Å². The molecule has 0 aliphatic rings. The summed E-state index contributed by atoms with van der Waals surface area (Å²) in [5.41, 5.74) is -2.42. The average Bonchev–Trinajstić information content (AvgIpc) is 3.36. The van der Waals surface area contributed by atoms with Crippen LogP contribution in [0.4, 0.5) is 0 Å². The lowest BCUT2D eigenvalue weighted by Gasteiger charge is -2.27. The van der Waals surface area contributed by atoms with Crippen molar-refractivity contribution in [2.45, 2.75) is 311 Å². The Morgan fingerprint density at radius 2 is 0.431 bits per heavy atom. The van der Waals surface area contributed by atoms with Crippen LogP contribution in [0, 0.1) is 0 Å². The van der Waals surface area contributed by atoms with Gasteiger partial charge in [-0.1, -0.05) is 234 Å². The van der Waals surface area contributed by atoms with Crippen LogP contribution in [0.15, 0.2) is 14.4 Å². The molecule has 3 unspecified atom stereocenters. The van der Waals surface area contributed by atoms with E-state index in [-0.39, 0.29) is 19.6 Å². The molecule has 12 heteroatoms. The molecule has 72 heavy (non-hydrogen) atoms. The SMILES string of the molecule is CCCCCCCCN(CCCCCCCC)CC(O)Cn1c(=O)n(CC(O)CN(CCCCCCCC)CCCCCCCC)c(=O)n(CC(O)CN(CCCCCCCC)CCCCCCCC)c1=O. The van der Waals surface area contributed by atoms with Crippen LogP contribution >= 0.6 is 0 Å². The van der Waals surface area contributed by atoms with Crippen LogP contribution in [0.1, 0.15) is 273 Å². The Bertz CT molecular complexity index is 1280. The summed E-state index contributed by atoms with van der Waals surface area (Å²) in [6.07, 6.45) is 39.2. The second-order valence-corrected chi connectivity index (χ2v) is 22.1. The second-order valence-electron chi connectivity index (χ2n) is 22.1. The number of nitrogens with zero attached hydrogens (tertiary/aromatic N) is 6. The van der Waals surface area contributed by atoms with Gasteiger partial charge in [-0.2, -0.15) is 0 Å². The van der Waals surface area contributed by atoms with Crippen molar-refractivity contribution in [3.63, 3.8) is 0 Å². The molecule has 1 aromatic heterocycles. The van der Waals surface area contributed by atoms with E-state index < -0.39 is 35.4 Å². The van der Waals surface area contributed by atoms with Crippen molar-refractivity contribution >= 4 is 0 Å². The highest BCUT2D eigenvalue weighted by Gasteiger charge is 2.24. The lowest BCUT2D eigenvalue weighted by atomic mass is 10.1. The maximum atomic E-state index is 14.5. The van der Waals surface area contributed by atoms with Crippen molar-refractivity contribution in [3.05, 3.63) is 31.5 Å². The minimum absolute atomic E-state index is 0.266. The minimum Gasteiger partial charge on any atom is -0.390 e. The fourth-order valence-electron chi connectivity index (χ4n) is 10.4. The van der Waals surface area contributed by atoms with E-state index in [2.05, 4.69) is 56.2 Å². The normalized spacial score (nSPS) is 13.3. The van der Waals surface area contributed by atoms with E-state index >= 15 is 0 Å². The average molecular weight is 1020 g/mol. The van der Waals surface area contributed by atoms with Gasteiger partial charge in [0.2, 0.25) is 0 Å². The molecule has 0 aromatic carbocycles. The van der Waals surface area contributed by atoms with Crippen LogP contribution in [-0.4, -0.2) is 121 Å². The highest BCUT2D eigenvalue weighted by atomic mass is 16.3. The molecule has 1 rings (SSSR count). The van der Waals surface area contributed by atoms with Crippen LogP contribution in [-0.2, 0) is 19.6 Å². The second kappa shape index (κ2) is 47.6. The maximum absolute atomic E-state index is 14.5. The molecule has 0 amide bonds. The van der Waals surface area contributed by atoms with E-state index in [1.54, 1.807) is 0 Å². The summed E-state index contributed by atoms with van der Waals surface area (Å²) in [5, 5.41) is 35.3. The third kappa shape index (κ3) is 34.7. The zero-order valence-electron chi connectivity index (χ0n) is 48.4. The predicted molar refractivity (Wildman–Crippen MR) is 307 cm³/mol. The zero-order valence-corrected chi connectivity index (χ0v) is 48.4. The lowest BCUT2D eigenvalue weighted by molar-refractivity contribution is 0.0791. The van der Waals surface area contributed by atoms with Gasteiger partial charge in [-0.05, 0) is 77.8 Å². The molecule has 3 atom stereocenters. The summed E-state index contributed by atoms with van der Waals surface area (Å²) >= 11 is 0. The molecular formula is C60H120N6O6. The zero-order chi connectivity index (χ0) is 52.9. The molecule has 1 heterocycles. The Balaban J connectivity index is 3.53. The van der Waals surface area contributed by atoms with Gasteiger partial charge in [-0.15, -0.1) is 0 Å². The Labute approximate surface area is 443 Å². The first-order valence-electron chi connectivity index (χ1n) is 31.2. The van der Waals surface area contributed by atoms with Gasteiger partial charge in [0.15, 0.2) is 0 Å². The summed E-state index contributed by atoms with van der Waals surface area (Å²) in [6, 6.07) is 0. The van der Waals surface area contributed by atoms with Gasteiger partial charge in [0, 0.05) is 19.6 Å². The molecule has 0 aliphatic carbocycles. The number of aromatic nitrogens is 3. The number of aliphatic hydroxyl groups is 3.